The molecule has 1 amide bonds. The van der Waals surface area contributed by atoms with Crippen LogP contribution in [-0.2, 0) is 4.74 Å². The number of hydrogen-bond acceptors (Lipinski definition) is 4. The van der Waals surface area contributed by atoms with Crippen molar-refractivity contribution in [2.75, 3.05) is 25.6 Å². The quantitative estimate of drug-likeness (QED) is 0.805. The number of hydrogen-bond donors (Lipinski definition) is 2. The first-order valence-corrected chi connectivity index (χ1v) is 6.60. The Morgan fingerprint density at radius 3 is 2.80 bits per heavy atom. The Balaban J connectivity index is 2.93. The number of anilines is 1. The predicted molar refractivity (Wildman–Crippen MR) is 76.4 cm³/mol. The van der Waals surface area contributed by atoms with Crippen LogP contribution in [0.5, 0.6) is 0 Å². The van der Waals surface area contributed by atoms with Gasteiger partial charge < -0.3 is 15.4 Å². The van der Waals surface area contributed by atoms with Crippen LogP contribution in [0.25, 0.3) is 0 Å². The summed E-state index contributed by atoms with van der Waals surface area (Å²) in [6, 6.07) is 1.18. The largest absolute Gasteiger partial charge is 0.382 e. The highest BCUT2D eigenvalue weighted by molar-refractivity contribution is 5.99. The van der Waals surface area contributed by atoms with Crippen LogP contribution in [0, 0.1) is 5.82 Å². The molecule has 0 bridgehead atoms. The van der Waals surface area contributed by atoms with Crippen molar-refractivity contribution < 1.29 is 13.9 Å². The molecular formula is C14H22FN3O2. The Labute approximate surface area is 118 Å². The maximum atomic E-state index is 13.3. The van der Waals surface area contributed by atoms with Crippen molar-refractivity contribution in [1.29, 1.82) is 0 Å². The van der Waals surface area contributed by atoms with Crippen LogP contribution < -0.4 is 10.6 Å². The van der Waals surface area contributed by atoms with E-state index in [1.165, 1.54) is 6.07 Å². The van der Waals surface area contributed by atoms with Gasteiger partial charge in [-0.1, -0.05) is 6.92 Å². The molecule has 0 unspecified atom stereocenters. The van der Waals surface area contributed by atoms with E-state index in [2.05, 4.69) is 15.6 Å². The van der Waals surface area contributed by atoms with Gasteiger partial charge in [-0.15, -0.1) is 0 Å². The summed E-state index contributed by atoms with van der Waals surface area (Å²) in [6.45, 7) is 6.69. The van der Waals surface area contributed by atoms with Gasteiger partial charge in [0, 0.05) is 13.7 Å². The normalized spacial score (nSPS) is 11.2. The molecule has 2 N–H and O–H groups in total. The van der Waals surface area contributed by atoms with E-state index in [4.69, 9.17) is 4.74 Å². The molecule has 0 spiro atoms. The van der Waals surface area contributed by atoms with Gasteiger partial charge in [0.2, 0.25) is 0 Å². The summed E-state index contributed by atoms with van der Waals surface area (Å²) in [5.74, 6) is -0.529. The van der Waals surface area contributed by atoms with Crippen LogP contribution in [0.1, 0.15) is 37.6 Å². The predicted octanol–water partition coefficient (Wildman–Crippen LogP) is 2.20. The van der Waals surface area contributed by atoms with Gasteiger partial charge in [-0.3, -0.25) is 4.79 Å². The fraction of sp³-hybridized carbons (Fsp3) is 0.571. The van der Waals surface area contributed by atoms with E-state index in [0.29, 0.717) is 19.0 Å². The average molecular weight is 283 g/mol. The molecule has 20 heavy (non-hydrogen) atoms. The molecule has 0 aliphatic rings. The molecule has 0 aliphatic carbocycles. The van der Waals surface area contributed by atoms with Crippen LogP contribution in [-0.4, -0.2) is 36.7 Å². The van der Waals surface area contributed by atoms with Crippen molar-refractivity contribution in [2.24, 2.45) is 0 Å². The van der Waals surface area contributed by atoms with E-state index in [9.17, 15) is 9.18 Å². The zero-order chi connectivity index (χ0) is 15.2. The molecule has 1 heterocycles. The minimum absolute atomic E-state index is 0.197. The standard InChI is InChI=1S/C14H22FN3O2/c1-5-6-16-12-11(7-10(15)8-17-12)13(19)18-14(2,3)9-20-4/h7-8H,5-6,9H2,1-4H3,(H,16,17)(H,18,19). The molecule has 0 saturated heterocycles. The van der Waals surface area contributed by atoms with E-state index < -0.39 is 11.4 Å². The van der Waals surface area contributed by atoms with Crippen molar-refractivity contribution in [3.05, 3.63) is 23.6 Å². The summed E-state index contributed by atoms with van der Waals surface area (Å²) in [5, 5.41) is 5.83. The minimum Gasteiger partial charge on any atom is -0.382 e. The molecule has 0 saturated carbocycles. The first kappa shape index (κ1) is 16.4. The number of nitrogens with one attached hydrogen (secondary N) is 2. The average Bonchev–Trinajstić information content (AvgIpc) is 2.36. The number of carbonyl (C=O) groups excluding carboxylic acids is 1. The number of halogens is 1. The van der Waals surface area contributed by atoms with Crippen molar-refractivity contribution in [3.63, 3.8) is 0 Å². The first-order chi connectivity index (χ1) is 9.39. The Morgan fingerprint density at radius 2 is 2.20 bits per heavy atom. The maximum Gasteiger partial charge on any atom is 0.255 e. The smallest absolute Gasteiger partial charge is 0.255 e. The molecule has 6 heteroatoms. The number of nitrogens with zero attached hydrogens (tertiary/aromatic N) is 1. The number of ether oxygens (including phenoxy) is 1. The van der Waals surface area contributed by atoms with E-state index >= 15 is 0 Å². The number of rotatable bonds is 7. The Morgan fingerprint density at radius 1 is 1.50 bits per heavy atom. The van der Waals surface area contributed by atoms with Gasteiger partial charge >= 0.3 is 0 Å². The van der Waals surface area contributed by atoms with Crippen LogP contribution in [0.4, 0.5) is 10.2 Å². The Kier molecular flexibility index (Phi) is 5.88. The second-order valence-electron chi connectivity index (χ2n) is 5.25. The summed E-state index contributed by atoms with van der Waals surface area (Å²) in [4.78, 5) is 16.2. The third-order valence-electron chi connectivity index (χ3n) is 2.60. The van der Waals surface area contributed by atoms with Gasteiger partial charge in [-0.05, 0) is 26.3 Å². The second-order valence-corrected chi connectivity index (χ2v) is 5.25. The highest BCUT2D eigenvalue weighted by Crippen LogP contribution is 2.15. The second kappa shape index (κ2) is 7.19. The molecule has 112 valence electrons. The lowest BCUT2D eigenvalue weighted by Crippen LogP contribution is -2.47. The number of aromatic nitrogens is 1. The molecular weight excluding hydrogens is 261 g/mol. The lowest BCUT2D eigenvalue weighted by Gasteiger charge is -2.25. The highest BCUT2D eigenvalue weighted by Gasteiger charge is 2.23. The Hall–Kier alpha value is -1.69. The van der Waals surface area contributed by atoms with Crippen LogP contribution in [0.3, 0.4) is 0 Å². The van der Waals surface area contributed by atoms with E-state index in [1.54, 1.807) is 7.11 Å². The molecule has 0 aromatic carbocycles. The molecule has 0 radical (unpaired) electrons. The van der Waals surface area contributed by atoms with Crippen molar-refractivity contribution >= 4 is 11.7 Å². The molecule has 0 fully saturated rings. The van der Waals surface area contributed by atoms with E-state index in [0.717, 1.165) is 12.6 Å². The summed E-state index contributed by atoms with van der Waals surface area (Å²) in [6.07, 6.45) is 1.98. The van der Waals surface area contributed by atoms with Gasteiger partial charge in [0.25, 0.3) is 5.91 Å². The molecule has 1 rings (SSSR count). The summed E-state index contributed by atoms with van der Waals surface area (Å²) >= 11 is 0. The van der Waals surface area contributed by atoms with Crippen molar-refractivity contribution in [1.82, 2.24) is 10.3 Å². The fourth-order valence-corrected chi connectivity index (χ4v) is 1.77. The summed E-state index contributed by atoms with van der Waals surface area (Å²) in [7, 11) is 1.56. The van der Waals surface area contributed by atoms with Gasteiger partial charge in [-0.25, -0.2) is 9.37 Å². The van der Waals surface area contributed by atoms with E-state index in [-0.39, 0.29) is 11.5 Å². The third kappa shape index (κ3) is 4.77. The van der Waals surface area contributed by atoms with Gasteiger partial charge in [0.15, 0.2) is 0 Å². The summed E-state index contributed by atoms with van der Waals surface area (Å²) < 4.78 is 18.4. The number of pyridine rings is 1. The highest BCUT2D eigenvalue weighted by atomic mass is 19.1. The SMILES string of the molecule is CCCNc1ncc(F)cc1C(=O)NC(C)(C)COC. The molecule has 5 nitrogen and oxygen atoms in total. The van der Waals surface area contributed by atoms with Gasteiger partial charge in [0.1, 0.15) is 11.6 Å². The fourth-order valence-electron chi connectivity index (χ4n) is 1.77. The lowest BCUT2D eigenvalue weighted by molar-refractivity contribution is 0.0820. The number of amides is 1. The zero-order valence-corrected chi connectivity index (χ0v) is 12.4. The van der Waals surface area contributed by atoms with Gasteiger partial charge in [-0.2, -0.15) is 0 Å². The maximum absolute atomic E-state index is 13.3. The number of methoxy groups -OCH3 is 1. The molecule has 0 aliphatic heterocycles. The molecule has 1 aromatic rings. The van der Waals surface area contributed by atoms with Crippen molar-refractivity contribution in [3.8, 4) is 0 Å². The van der Waals surface area contributed by atoms with Crippen LogP contribution in [0.2, 0.25) is 0 Å². The third-order valence-corrected chi connectivity index (χ3v) is 2.60. The summed E-state index contributed by atoms with van der Waals surface area (Å²) in [5.41, 5.74) is -0.345. The molecule has 1 aromatic heterocycles. The van der Waals surface area contributed by atoms with Crippen LogP contribution in [0.15, 0.2) is 12.3 Å². The Bertz CT molecular complexity index is 464. The lowest BCUT2D eigenvalue weighted by atomic mass is 10.1. The first-order valence-electron chi connectivity index (χ1n) is 6.60. The zero-order valence-electron chi connectivity index (χ0n) is 12.4. The minimum atomic E-state index is -0.541. The monoisotopic (exact) mass is 283 g/mol. The van der Waals surface area contributed by atoms with Gasteiger partial charge in [0.05, 0.1) is 23.9 Å². The topological polar surface area (TPSA) is 63.2 Å². The number of carbonyl (C=O) groups is 1. The van der Waals surface area contributed by atoms with Crippen molar-refractivity contribution in [2.45, 2.75) is 32.7 Å². The molecule has 0 atom stereocenters. The van der Waals surface area contributed by atoms with E-state index in [1.807, 2.05) is 20.8 Å². The van der Waals surface area contributed by atoms with Crippen LogP contribution >= 0.6 is 0 Å².